The summed E-state index contributed by atoms with van der Waals surface area (Å²) >= 11 is 7.08. The Hall–Kier alpha value is -3.79. The molecule has 2 N–H and O–H groups in total. The van der Waals surface area contributed by atoms with E-state index in [4.69, 9.17) is 21.5 Å². The summed E-state index contributed by atoms with van der Waals surface area (Å²) in [6.45, 7) is 11.2. The minimum absolute atomic E-state index is 0.463. The lowest BCUT2D eigenvalue weighted by molar-refractivity contribution is 0.982. The lowest BCUT2D eigenvalue weighted by atomic mass is 10.3. The molecule has 0 amide bonds. The van der Waals surface area contributed by atoms with Crippen LogP contribution in [0.3, 0.4) is 0 Å². The smallest absolute Gasteiger partial charge is 0.140 e. The van der Waals surface area contributed by atoms with E-state index in [0.717, 1.165) is 33.7 Å². The van der Waals surface area contributed by atoms with Crippen molar-refractivity contribution in [1.29, 1.82) is 15.8 Å². The fourth-order valence-corrected chi connectivity index (χ4v) is 4.59. The van der Waals surface area contributed by atoms with Gasteiger partial charge in [-0.15, -0.1) is 0 Å². The van der Waals surface area contributed by atoms with Crippen molar-refractivity contribution in [2.75, 3.05) is 0 Å². The number of hydrogen-bond donors (Lipinski definition) is 1. The van der Waals surface area contributed by atoms with Crippen LogP contribution in [0.15, 0.2) is 73.3 Å². The third-order valence-electron chi connectivity index (χ3n) is 5.32. The maximum absolute atomic E-state index is 8.53. The molecule has 0 fully saturated rings. The van der Waals surface area contributed by atoms with Crippen molar-refractivity contribution in [3.8, 4) is 18.2 Å². The van der Waals surface area contributed by atoms with Gasteiger partial charge in [0.15, 0.2) is 0 Å². The second-order valence-corrected chi connectivity index (χ2v) is 13.6. The highest BCUT2D eigenvalue weighted by molar-refractivity contribution is 9.08. The lowest BCUT2D eigenvalue weighted by Gasteiger charge is -2.04. The number of pyridine rings is 4. The summed E-state index contributed by atoms with van der Waals surface area (Å²) in [6, 6.07) is 20.9. The Balaban J connectivity index is 0.000000303. The normalized spacial score (nSPS) is 9.64. The molecule has 0 aliphatic carbocycles. The van der Waals surface area contributed by atoms with E-state index < -0.39 is 0 Å². The largest absolute Gasteiger partial charge is 0.325 e. The Bertz CT molecular complexity index is 1490. The van der Waals surface area contributed by atoms with Crippen molar-refractivity contribution in [2.45, 2.75) is 68.5 Å². The van der Waals surface area contributed by atoms with Crippen LogP contribution < -0.4 is 5.73 Å². The molecule has 0 bridgehead atoms. The molecule has 0 aliphatic heterocycles. The predicted octanol–water partition coefficient (Wildman–Crippen LogP) is 7.89. The van der Waals surface area contributed by atoms with Gasteiger partial charge in [0.1, 0.15) is 35.3 Å². The molecule has 11 heteroatoms. The van der Waals surface area contributed by atoms with E-state index in [9.17, 15) is 0 Å². The van der Waals surface area contributed by atoms with Gasteiger partial charge in [-0.2, -0.15) is 39.3 Å². The first kappa shape index (κ1) is 39.2. The van der Waals surface area contributed by atoms with Gasteiger partial charge in [0.2, 0.25) is 0 Å². The highest BCUT2D eigenvalue weighted by Crippen LogP contribution is 2.17. The summed E-state index contributed by atoms with van der Waals surface area (Å²) in [5, 5.41) is 27.3. The molecule has 0 aromatic carbocycles. The fraction of sp³-hybridized carbons (Fsp3) is 0.324. The maximum Gasteiger partial charge on any atom is 0.140 e. The Labute approximate surface area is 284 Å². The number of rotatable bonds is 8. The summed E-state index contributed by atoms with van der Waals surface area (Å²) in [5.74, 6) is 2.01. The van der Waals surface area contributed by atoms with Crippen LogP contribution in [-0.2, 0) is 23.4 Å². The molecule has 0 saturated carbocycles. The predicted molar refractivity (Wildman–Crippen MR) is 189 cm³/mol. The van der Waals surface area contributed by atoms with Gasteiger partial charge < -0.3 is 5.73 Å². The number of hydrogen-bond acceptors (Lipinski definition) is 10. The molecule has 4 heterocycles. The van der Waals surface area contributed by atoms with E-state index in [-0.39, 0.29) is 0 Å². The van der Waals surface area contributed by atoms with Crippen molar-refractivity contribution < 1.29 is 0 Å². The van der Waals surface area contributed by atoms with E-state index in [2.05, 4.69) is 69.6 Å². The summed E-state index contributed by atoms with van der Waals surface area (Å²) in [5.41, 5.74) is 12.4. The molecule has 234 valence electrons. The Morgan fingerprint density at radius 1 is 0.644 bits per heavy atom. The molecular formula is C34H39BrN8S2. The minimum atomic E-state index is 0.463. The standard InChI is InChI=1S/C10H16N2S.C10H12N2S.C7H5BrN2.C7H6N2/c2*1-8(2)13-7-9-3-4-10(5-11)12-6-9;8-3-6-1-2-7(4-9)10-5-6;1-6-2-3-7(4-8)9-5-6/h3-4,6,8H,5,7,11H2,1-2H3;3-4,6,8H,7H2,1-2H3;1-2,5H,3H2;2-3,5H,1H3. The first-order valence-corrected chi connectivity index (χ1v) is 17.3. The second kappa shape index (κ2) is 23.6. The number of nitrogens with zero attached hydrogens (tertiary/aromatic N) is 7. The molecule has 4 aromatic rings. The Kier molecular flexibility index (Phi) is 20.6. The molecule has 0 atom stereocenters. The van der Waals surface area contributed by atoms with Crippen LogP contribution in [0.1, 0.15) is 72.7 Å². The van der Waals surface area contributed by atoms with Gasteiger partial charge in [0.25, 0.3) is 0 Å². The molecule has 0 spiro atoms. The molecule has 0 radical (unpaired) electrons. The first-order chi connectivity index (χ1) is 21.6. The van der Waals surface area contributed by atoms with Crippen molar-refractivity contribution in [1.82, 2.24) is 19.9 Å². The topological polar surface area (TPSA) is 149 Å². The minimum Gasteiger partial charge on any atom is -0.325 e. The quantitative estimate of drug-likeness (QED) is 0.180. The number of alkyl halides is 1. The molecule has 4 aromatic heterocycles. The molecule has 0 unspecified atom stereocenters. The van der Waals surface area contributed by atoms with Crippen LogP contribution in [0.25, 0.3) is 0 Å². The molecule has 0 saturated heterocycles. The average Bonchev–Trinajstić information content (AvgIpc) is 3.08. The maximum atomic E-state index is 8.53. The fourth-order valence-electron chi connectivity index (χ4n) is 2.87. The number of thioether (sulfide) groups is 2. The number of aromatic nitrogens is 4. The van der Waals surface area contributed by atoms with Crippen LogP contribution in [0.5, 0.6) is 0 Å². The van der Waals surface area contributed by atoms with E-state index in [1.165, 1.54) is 11.1 Å². The number of nitrogens with two attached hydrogens (primary N) is 1. The number of nitriles is 3. The van der Waals surface area contributed by atoms with Crippen LogP contribution >= 0.6 is 39.5 Å². The van der Waals surface area contributed by atoms with E-state index in [0.29, 0.717) is 34.1 Å². The third kappa shape index (κ3) is 18.6. The average molecular weight is 704 g/mol. The van der Waals surface area contributed by atoms with Crippen LogP contribution in [0.2, 0.25) is 0 Å². The first-order valence-electron chi connectivity index (χ1n) is 14.1. The van der Waals surface area contributed by atoms with E-state index in [1.807, 2.05) is 79.1 Å². The molecule has 0 aliphatic rings. The van der Waals surface area contributed by atoms with Crippen molar-refractivity contribution in [2.24, 2.45) is 5.73 Å². The molecule has 45 heavy (non-hydrogen) atoms. The van der Waals surface area contributed by atoms with E-state index >= 15 is 0 Å². The zero-order chi connectivity index (χ0) is 33.5. The lowest BCUT2D eigenvalue weighted by Crippen LogP contribution is -1.99. The van der Waals surface area contributed by atoms with Crippen LogP contribution in [0.4, 0.5) is 0 Å². The zero-order valence-corrected chi connectivity index (χ0v) is 29.5. The second-order valence-electron chi connectivity index (χ2n) is 9.87. The Morgan fingerprint density at radius 2 is 1.07 bits per heavy atom. The van der Waals surface area contributed by atoms with Gasteiger partial charge in [-0.05, 0) is 63.9 Å². The van der Waals surface area contributed by atoms with Crippen LogP contribution in [-0.4, -0.2) is 30.4 Å². The Morgan fingerprint density at radius 3 is 1.38 bits per heavy atom. The molecule has 4 rings (SSSR count). The van der Waals surface area contributed by atoms with Gasteiger partial charge >= 0.3 is 0 Å². The van der Waals surface area contributed by atoms with Crippen LogP contribution in [0, 0.1) is 40.9 Å². The van der Waals surface area contributed by atoms with E-state index in [1.54, 1.807) is 36.8 Å². The van der Waals surface area contributed by atoms with Crippen molar-refractivity contribution in [3.63, 3.8) is 0 Å². The molecular weight excluding hydrogens is 664 g/mol. The summed E-state index contributed by atoms with van der Waals surface area (Å²) < 4.78 is 0. The summed E-state index contributed by atoms with van der Waals surface area (Å²) in [7, 11) is 0. The van der Waals surface area contributed by atoms with Gasteiger partial charge in [-0.25, -0.2) is 15.0 Å². The summed E-state index contributed by atoms with van der Waals surface area (Å²) in [6.07, 6.45) is 7.05. The number of aryl methyl sites for hydroxylation is 1. The highest BCUT2D eigenvalue weighted by atomic mass is 79.9. The van der Waals surface area contributed by atoms with Gasteiger partial charge in [-0.1, -0.05) is 67.9 Å². The van der Waals surface area contributed by atoms with Crippen molar-refractivity contribution >= 4 is 39.5 Å². The van der Waals surface area contributed by atoms with Gasteiger partial charge in [0, 0.05) is 48.2 Å². The summed E-state index contributed by atoms with van der Waals surface area (Å²) in [4.78, 5) is 16.0. The highest BCUT2D eigenvalue weighted by Gasteiger charge is 1.99. The third-order valence-corrected chi connectivity index (χ3v) is 8.30. The monoisotopic (exact) mass is 702 g/mol. The van der Waals surface area contributed by atoms with Gasteiger partial charge in [0.05, 0.1) is 5.69 Å². The van der Waals surface area contributed by atoms with Gasteiger partial charge in [-0.3, -0.25) is 4.98 Å². The number of halogens is 1. The zero-order valence-electron chi connectivity index (χ0n) is 26.3. The SMILES string of the molecule is CC(C)SCc1ccc(C#N)nc1.CC(C)SCc1ccc(CN)nc1.Cc1ccc(C#N)nc1.N#Cc1ccc(CBr)cn1. The van der Waals surface area contributed by atoms with Crippen molar-refractivity contribution in [3.05, 3.63) is 118 Å². The molecule has 8 nitrogen and oxygen atoms in total.